The Labute approximate surface area is 222 Å². The highest BCUT2D eigenvalue weighted by atomic mass is 16.5. The van der Waals surface area contributed by atoms with Crippen LogP contribution in [0.1, 0.15) is 29.2 Å². The normalized spacial score (nSPS) is 16.4. The summed E-state index contributed by atoms with van der Waals surface area (Å²) in [7, 11) is 1.57. The van der Waals surface area contributed by atoms with Crippen molar-refractivity contribution in [3.8, 4) is 17.2 Å². The Bertz CT molecular complexity index is 1330. The maximum absolute atomic E-state index is 13.2. The topological polar surface area (TPSA) is 85.3 Å². The van der Waals surface area contributed by atoms with Gasteiger partial charge >= 0.3 is 0 Å². The smallest absolute Gasteiger partial charge is 0.295 e. The molecule has 0 unspecified atom stereocenters. The van der Waals surface area contributed by atoms with Gasteiger partial charge in [0, 0.05) is 12.1 Å². The Morgan fingerprint density at radius 3 is 2.34 bits per heavy atom. The number of ether oxygens (including phenoxy) is 3. The first-order valence-electron chi connectivity index (χ1n) is 12.4. The highest BCUT2D eigenvalue weighted by Crippen LogP contribution is 2.40. The number of carbonyl (C=O) groups excluding carboxylic acids is 2. The van der Waals surface area contributed by atoms with Crippen molar-refractivity contribution in [2.75, 3.05) is 26.9 Å². The Balaban J connectivity index is 1.62. The van der Waals surface area contributed by atoms with Gasteiger partial charge in [-0.2, -0.15) is 0 Å². The summed E-state index contributed by atoms with van der Waals surface area (Å²) in [5.41, 5.74) is 2.24. The molecule has 196 valence electrons. The standard InChI is InChI=1S/C31H31NO6/c1-4-18-37-25-15-11-23(12-16-25)29(33)27-28(22-9-13-24(36-3)14-10-22)32(31(35)30(27)34)17-6-19-38-26-8-5-7-21(2)20-26/h4-5,7-16,20,28,33H,1,6,17-19H2,2-3H3/t28-/m0/s1. The van der Waals surface area contributed by atoms with Gasteiger partial charge in [0.05, 0.1) is 25.3 Å². The first-order valence-corrected chi connectivity index (χ1v) is 12.4. The van der Waals surface area contributed by atoms with E-state index in [1.165, 1.54) is 4.90 Å². The van der Waals surface area contributed by atoms with Crippen molar-refractivity contribution in [3.05, 3.63) is 108 Å². The van der Waals surface area contributed by atoms with E-state index in [-0.39, 0.29) is 17.9 Å². The number of Topliss-reactive ketones (excluding diaryl/α,β-unsaturated/α-hetero) is 1. The molecule has 1 aliphatic heterocycles. The van der Waals surface area contributed by atoms with Crippen molar-refractivity contribution in [1.82, 2.24) is 4.90 Å². The van der Waals surface area contributed by atoms with Crippen LogP contribution in [0.15, 0.2) is 91.0 Å². The fourth-order valence-electron chi connectivity index (χ4n) is 4.39. The van der Waals surface area contributed by atoms with Crippen LogP contribution in [0, 0.1) is 6.92 Å². The van der Waals surface area contributed by atoms with E-state index >= 15 is 0 Å². The molecule has 7 heteroatoms. The fourth-order valence-corrected chi connectivity index (χ4v) is 4.39. The van der Waals surface area contributed by atoms with Crippen LogP contribution in [-0.4, -0.2) is 48.6 Å². The summed E-state index contributed by atoms with van der Waals surface area (Å²) < 4.78 is 16.6. The third-order valence-corrected chi connectivity index (χ3v) is 6.27. The van der Waals surface area contributed by atoms with E-state index < -0.39 is 17.7 Å². The summed E-state index contributed by atoms with van der Waals surface area (Å²) in [6, 6.07) is 20.8. The molecule has 0 aromatic heterocycles. The molecule has 3 aromatic rings. The molecule has 1 saturated heterocycles. The molecule has 4 rings (SSSR count). The van der Waals surface area contributed by atoms with E-state index in [2.05, 4.69) is 6.58 Å². The number of hydrogen-bond acceptors (Lipinski definition) is 6. The summed E-state index contributed by atoms with van der Waals surface area (Å²) >= 11 is 0. The minimum absolute atomic E-state index is 0.0412. The van der Waals surface area contributed by atoms with Gasteiger partial charge in [0.1, 0.15) is 29.6 Å². The van der Waals surface area contributed by atoms with Gasteiger partial charge in [0.15, 0.2) is 0 Å². The lowest BCUT2D eigenvalue weighted by Crippen LogP contribution is -2.31. The monoisotopic (exact) mass is 513 g/mol. The van der Waals surface area contributed by atoms with Crippen LogP contribution in [0.3, 0.4) is 0 Å². The zero-order chi connectivity index (χ0) is 27.1. The second-order valence-electron chi connectivity index (χ2n) is 8.91. The van der Waals surface area contributed by atoms with E-state index in [9.17, 15) is 14.7 Å². The Morgan fingerprint density at radius 1 is 0.974 bits per heavy atom. The van der Waals surface area contributed by atoms with Gasteiger partial charge in [0.25, 0.3) is 11.7 Å². The number of nitrogens with zero attached hydrogens (tertiary/aromatic N) is 1. The number of methoxy groups -OCH3 is 1. The van der Waals surface area contributed by atoms with Crippen LogP contribution in [0.2, 0.25) is 0 Å². The van der Waals surface area contributed by atoms with Crippen molar-refractivity contribution in [1.29, 1.82) is 0 Å². The van der Waals surface area contributed by atoms with Gasteiger partial charge in [-0.15, -0.1) is 0 Å². The maximum Gasteiger partial charge on any atom is 0.295 e. The quantitative estimate of drug-likeness (QED) is 0.121. The predicted octanol–water partition coefficient (Wildman–Crippen LogP) is 5.46. The summed E-state index contributed by atoms with van der Waals surface area (Å²) in [6.07, 6.45) is 2.14. The molecule has 0 saturated carbocycles. The minimum Gasteiger partial charge on any atom is -0.507 e. The van der Waals surface area contributed by atoms with Crippen LogP contribution < -0.4 is 14.2 Å². The van der Waals surface area contributed by atoms with Gasteiger partial charge in [-0.05, 0) is 73.0 Å². The Morgan fingerprint density at radius 2 is 1.68 bits per heavy atom. The number of benzene rings is 3. The largest absolute Gasteiger partial charge is 0.507 e. The summed E-state index contributed by atoms with van der Waals surface area (Å²) in [5, 5.41) is 11.2. The molecule has 1 N–H and O–H groups in total. The Hall–Kier alpha value is -4.52. The molecule has 7 nitrogen and oxygen atoms in total. The summed E-state index contributed by atoms with van der Waals surface area (Å²) in [6.45, 7) is 6.61. The lowest BCUT2D eigenvalue weighted by molar-refractivity contribution is -0.140. The molecule has 0 bridgehead atoms. The molecule has 1 atom stereocenters. The van der Waals surface area contributed by atoms with Crippen LogP contribution in [0.4, 0.5) is 0 Å². The third kappa shape index (κ3) is 5.89. The first kappa shape index (κ1) is 26.5. The molecule has 1 amide bonds. The van der Waals surface area contributed by atoms with E-state index in [0.717, 1.165) is 11.3 Å². The number of aryl methyl sites for hydroxylation is 1. The van der Waals surface area contributed by atoms with Crippen molar-refractivity contribution in [2.24, 2.45) is 0 Å². The van der Waals surface area contributed by atoms with Crippen LogP contribution in [0.5, 0.6) is 17.2 Å². The van der Waals surface area contributed by atoms with Crippen LogP contribution >= 0.6 is 0 Å². The van der Waals surface area contributed by atoms with Crippen LogP contribution in [0.25, 0.3) is 5.76 Å². The zero-order valence-electron chi connectivity index (χ0n) is 21.6. The fraction of sp³-hybridized carbons (Fsp3) is 0.226. The summed E-state index contributed by atoms with van der Waals surface area (Å²) in [4.78, 5) is 27.9. The molecule has 0 spiro atoms. The maximum atomic E-state index is 13.2. The van der Waals surface area contributed by atoms with Gasteiger partial charge in [-0.3, -0.25) is 9.59 Å². The number of hydrogen-bond donors (Lipinski definition) is 1. The molecule has 1 aliphatic rings. The second kappa shape index (κ2) is 12.1. The van der Waals surface area contributed by atoms with Gasteiger partial charge in [-0.1, -0.05) is 36.9 Å². The number of carbonyl (C=O) groups is 2. The summed E-state index contributed by atoms with van der Waals surface area (Å²) in [5.74, 6) is 0.371. The number of aliphatic hydroxyl groups excluding tert-OH is 1. The number of likely N-dealkylation sites (tertiary alicyclic amines) is 1. The zero-order valence-corrected chi connectivity index (χ0v) is 21.6. The number of ketones is 1. The number of rotatable bonds is 11. The van der Waals surface area contributed by atoms with Crippen molar-refractivity contribution in [2.45, 2.75) is 19.4 Å². The lowest BCUT2D eigenvalue weighted by atomic mass is 9.95. The minimum atomic E-state index is -0.753. The van der Waals surface area contributed by atoms with Gasteiger partial charge in [-0.25, -0.2) is 0 Å². The highest BCUT2D eigenvalue weighted by molar-refractivity contribution is 6.46. The average Bonchev–Trinajstić information content (AvgIpc) is 3.19. The van der Waals surface area contributed by atoms with Crippen molar-refractivity contribution >= 4 is 17.4 Å². The van der Waals surface area contributed by atoms with E-state index in [1.807, 2.05) is 31.2 Å². The average molecular weight is 514 g/mol. The molecule has 0 aliphatic carbocycles. The van der Waals surface area contributed by atoms with Gasteiger partial charge < -0.3 is 24.2 Å². The molecule has 3 aromatic carbocycles. The lowest BCUT2D eigenvalue weighted by Gasteiger charge is -2.25. The molecular formula is C31H31NO6. The first-order chi connectivity index (χ1) is 18.4. The second-order valence-corrected chi connectivity index (χ2v) is 8.91. The molecule has 1 fully saturated rings. The van der Waals surface area contributed by atoms with E-state index in [4.69, 9.17) is 14.2 Å². The highest BCUT2D eigenvalue weighted by Gasteiger charge is 2.45. The molecule has 0 radical (unpaired) electrons. The van der Waals surface area contributed by atoms with Gasteiger partial charge in [0.2, 0.25) is 0 Å². The van der Waals surface area contributed by atoms with E-state index in [0.29, 0.717) is 42.3 Å². The Kier molecular flexibility index (Phi) is 8.48. The van der Waals surface area contributed by atoms with Crippen molar-refractivity contribution < 1.29 is 28.9 Å². The van der Waals surface area contributed by atoms with E-state index in [1.54, 1.807) is 61.7 Å². The van der Waals surface area contributed by atoms with Crippen LogP contribution in [-0.2, 0) is 9.59 Å². The molecular weight excluding hydrogens is 482 g/mol. The third-order valence-electron chi connectivity index (χ3n) is 6.27. The number of aliphatic hydroxyl groups is 1. The number of amides is 1. The molecule has 38 heavy (non-hydrogen) atoms. The molecule has 1 heterocycles. The predicted molar refractivity (Wildman–Crippen MR) is 145 cm³/mol. The SMILES string of the molecule is C=CCOc1ccc(C(O)=C2C(=O)C(=O)N(CCCOc3cccc(C)c3)[C@H]2c2ccc(OC)cc2)cc1. The van der Waals surface area contributed by atoms with Crippen molar-refractivity contribution in [3.63, 3.8) is 0 Å².